The number of piperidine rings is 1. The molecule has 24 heavy (non-hydrogen) atoms. The minimum Gasteiger partial charge on any atom is -0.347 e. The topological polar surface area (TPSA) is 45.2 Å². The predicted octanol–water partition coefficient (Wildman–Crippen LogP) is 3.31. The van der Waals surface area contributed by atoms with Crippen LogP contribution in [0.25, 0.3) is 10.2 Å². The van der Waals surface area contributed by atoms with Crippen LogP contribution in [0.1, 0.15) is 12.1 Å². The second-order valence-electron chi connectivity index (χ2n) is 6.45. The van der Waals surface area contributed by atoms with Crippen LogP contribution in [0, 0.1) is 0 Å². The van der Waals surface area contributed by atoms with Gasteiger partial charge >= 0.3 is 0 Å². The standard InChI is InChI=1S/C17H16BrN5S/c18-11-1-2-12(19-6-11)7-22-8-13-5-14(9-22)23(13)16-15-3-4-24-17(15)21-10-20-16/h1-4,6,10,13-14H,5,7-9H2. The van der Waals surface area contributed by atoms with Crippen molar-refractivity contribution in [2.75, 3.05) is 18.0 Å². The molecule has 3 aliphatic heterocycles. The summed E-state index contributed by atoms with van der Waals surface area (Å²) in [5.74, 6) is 1.11. The normalized spacial score (nSPS) is 23.5. The molecule has 2 atom stereocenters. The Labute approximate surface area is 152 Å². The summed E-state index contributed by atoms with van der Waals surface area (Å²) < 4.78 is 1.03. The summed E-state index contributed by atoms with van der Waals surface area (Å²) in [6.07, 6.45) is 4.84. The Morgan fingerprint density at radius 3 is 2.79 bits per heavy atom. The molecule has 0 amide bonds. The Morgan fingerprint density at radius 1 is 1.12 bits per heavy atom. The van der Waals surface area contributed by atoms with E-state index in [4.69, 9.17) is 0 Å². The molecule has 5 nitrogen and oxygen atoms in total. The highest BCUT2D eigenvalue weighted by Crippen LogP contribution is 2.39. The van der Waals surface area contributed by atoms with Gasteiger partial charge in [0.1, 0.15) is 17.0 Å². The Kier molecular flexibility index (Phi) is 3.53. The van der Waals surface area contributed by atoms with E-state index in [1.165, 1.54) is 11.8 Å². The maximum atomic E-state index is 4.59. The van der Waals surface area contributed by atoms with E-state index < -0.39 is 0 Å². The molecule has 3 aromatic heterocycles. The smallest absolute Gasteiger partial charge is 0.141 e. The van der Waals surface area contributed by atoms with Crippen molar-refractivity contribution in [3.05, 3.63) is 46.3 Å². The van der Waals surface area contributed by atoms with E-state index in [0.29, 0.717) is 12.1 Å². The molecule has 6 heterocycles. The second kappa shape index (κ2) is 5.75. The predicted molar refractivity (Wildman–Crippen MR) is 99.3 cm³/mol. The molecule has 3 saturated heterocycles. The fourth-order valence-electron chi connectivity index (χ4n) is 3.88. The van der Waals surface area contributed by atoms with E-state index in [1.54, 1.807) is 17.7 Å². The zero-order valence-electron chi connectivity index (χ0n) is 13.0. The highest BCUT2D eigenvalue weighted by molar-refractivity contribution is 9.10. The lowest BCUT2D eigenvalue weighted by Crippen LogP contribution is -2.69. The Hall–Kier alpha value is -1.57. The van der Waals surface area contributed by atoms with Gasteiger partial charge in [0.25, 0.3) is 0 Å². The molecule has 2 unspecified atom stereocenters. The average molecular weight is 402 g/mol. The van der Waals surface area contributed by atoms with Gasteiger partial charge in [-0.05, 0) is 45.9 Å². The third-order valence-electron chi connectivity index (χ3n) is 4.93. The number of aromatic nitrogens is 3. The molecule has 122 valence electrons. The molecule has 0 aliphatic carbocycles. The summed E-state index contributed by atoms with van der Waals surface area (Å²) in [5.41, 5.74) is 1.13. The van der Waals surface area contributed by atoms with Gasteiger partial charge in [-0.2, -0.15) is 0 Å². The summed E-state index contributed by atoms with van der Waals surface area (Å²) in [4.78, 5) is 19.6. The lowest BCUT2D eigenvalue weighted by Gasteiger charge is -2.57. The summed E-state index contributed by atoms with van der Waals surface area (Å²) in [6, 6.07) is 7.41. The van der Waals surface area contributed by atoms with Crippen molar-refractivity contribution < 1.29 is 0 Å². The number of nitrogens with zero attached hydrogens (tertiary/aromatic N) is 5. The van der Waals surface area contributed by atoms with Gasteiger partial charge in [0.15, 0.2) is 0 Å². The highest BCUT2D eigenvalue weighted by Gasteiger charge is 2.45. The van der Waals surface area contributed by atoms with Crippen LogP contribution in [-0.4, -0.2) is 45.0 Å². The Balaban J connectivity index is 1.34. The molecule has 7 heteroatoms. The van der Waals surface area contributed by atoms with E-state index in [9.17, 15) is 0 Å². The maximum absolute atomic E-state index is 4.59. The largest absolute Gasteiger partial charge is 0.347 e. The van der Waals surface area contributed by atoms with Crippen LogP contribution >= 0.6 is 27.3 Å². The van der Waals surface area contributed by atoms with E-state index in [-0.39, 0.29) is 0 Å². The quantitative estimate of drug-likeness (QED) is 0.673. The van der Waals surface area contributed by atoms with Gasteiger partial charge in [0, 0.05) is 42.4 Å². The van der Waals surface area contributed by atoms with E-state index in [0.717, 1.165) is 40.4 Å². The zero-order chi connectivity index (χ0) is 16.1. The van der Waals surface area contributed by atoms with Crippen molar-refractivity contribution in [2.24, 2.45) is 0 Å². The van der Waals surface area contributed by atoms with Crippen molar-refractivity contribution in [3.63, 3.8) is 0 Å². The Bertz CT molecular complexity index is 868. The second-order valence-corrected chi connectivity index (χ2v) is 8.26. The third-order valence-corrected chi connectivity index (χ3v) is 6.22. The maximum Gasteiger partial charge on any atom is 0.141 e. The fourth-order valence-corrected chi connectivity index (χ4v) is 4.85. The van der Waals surface area contributed by atoms with Crippen LogP contribution in [0.15, 0.2) is 40.6 Å². The number of fused-ring (bicyclic) bond motifs is 3. The number of halogens is 1. The summed E-state index contributed by atoms with van der Waals surface area (Å²) in [6.45, 7) is 3.07. The number of pyridine rings is 1. The molecule has 0 saturated carbocycles. The first-order chi connectivity index (χ1) is 11.8. The van der Waals surface area contributed by atoms with E-state index in [1.807, 2.05) is 6.20 Å². The fraction of sp³-hybridized carbons (Fsp3) is 0.353. The SMILES string of the molecule is Brc1ccc(CN2CC3CC(C2)N3c2ncnc3sccc23)nc1. The number of piperazine rings is 1. The van der Waals surface area contributed by atoms with E-state index in [2.05, 4.69) is 64.3 Å². The minimum absolute atomic E-state index is 0.553. The lowest BCUT2D eigenvalue weighted by atomic mass is 9.87. The van der Waals surface area contributed by atoms with Crippen LogP contribution in [0.3, 0.4) is 0 Å². The Morgan fingerprint density at radius 2 is 2.00 bits per heavy atom. The van der Waals surface area contributed by atoms with Crippen molar-refractivity contribution in [1.82, 2.24) is 19.9 Å². The number of thiophene rings is 1. The van der Waals surface area contributed by atoms with Gasteiger partial charge in [-0.15, -0.1) is 11.3 Å². The van der Waals surface area contributed by atoms with Crippen molar-refractivity contribution in [3.8, 4) is 0 Å². The molecule has 3 aliphatic rings. The molecule has 0 N–H and O–H groups in total. The van der Waals surface area contributed by atoms with Gasteiger partial charge in [-0.3, -0.25) is 9.88 Å². The summed E-state index contributed by atoms with van der Waals surface area (Å²) in [5, 5.41) is 3.30. The third kappa shape index (κ3) is 2.42. The molecular formula is C17H16BrN5S. The van der Waals surface area contributed by atoms with Gasteiger partial charge in [-0.1, -0.05) is 0 Å². The van der Waals surface area contributed by atoms with Crippen LogP contribution in [-0.2, 0) is 6.54 Å². The van der Waals surface area contributed by atoms with Crippen molar-refractivity contribution >= 4 is 43.3 Å². The molecule has 0 aromatic carbocycles. The first-order valence-corrected chi connectivity index (χ1v) is 9.74. The van der Waals surface area contributed by atoms with Gasteiger partial charge in [-0.25, -0.2) is 9.97 Å². The summed E-state index contributed by atoms with van der Waals surface area (Å²) >= 11 is 5.13. The number of rotatable bonds is 3. The van der Waals surface area contributed by atoms with E-state index >= 15 is 0 Å². The lowest BCUT2D eigenvalue weighted by molar-refractivity contribution is 0.107. The zero-order valence-corrected chi connectivity index (χ0v) is 15.4. The highest BCUT2D eigenvalue weighted by atomic mass is 79.9. The van der Waals surface area contributed by atoms with Crippen LogP contribution < -0.4 is 4.90 Å². The molecule has 2 bridgehead atoms. The number of anilines is 1. The van der Waals surface area contributed by atoms with Crippen LogP contribution in [0.2, 0.25) is 0 Å². The summed E-state index contributed by atoms with van der Waals surface area (Å²) in [7, 11) is 0. The molecule has 3 fully saturated rings. The number of hydrogen-bond donors (Lipinski definition) is 0. The van der Waals surface area contributed by atoms with Crippen LogP contribution in [0.5, 0.6) is 0 Å². The first-order valence-electron chi connectivity index (χ1n) is 8.07. The van der Waals surface area contributed by atoms with Crippen LogP contribution in [0.4, 0.5) is 5.82 Å². The molecule has 3 aromatic rings. The van der Waals surface area contributed by atoms with Gasteiger partial charge in [0.05, 0.1) is 11.1 Å². The average Bonchev–Trinajstić information content (AvgIpc) is 3.07. The van der Waals surface area contributed by atoms with Crippen molar-refractivity contribution in [1.29, 1.82) is 0 Å². The molecule has 0 radical (unpaired) electrons. The van der Waals surface area contributed by atoms with Gasteiger partial charge < -0.3 is 4.90 Å². The molecule has 0 spiro atoms. The molecular weight excluding hydrogens is 386 g/mol. The molecule has 6 rings (SSSR count). The van der Waals surface area contributed by atoms with Crippen molar-refractivity contribution in [2.45, 2.75) is 25.0 Å². The minimum atomic E-state index is 0.553. The van der Waals surface area contributed by atoms with Gasteiger partial charge in [0.2, 0.25) is 0 Å². The first kappa shape index (κ1) is 14.7. The monoisotopic (exact) mass is 401 g/mol. The number of hydrogen-bond acceptors (Lipinski definition) is 6.